The molecule has 1 amide bonds. The number of amides is 1. The van der Waals surface area contributed by atoms with Crippen LogP contribution in [0.2, 0.25) is 0 Å². The number of aromatic nitrogens is 1. The van der Waals surface area contributed by atoms with Crippen LogP contribution in [0, 0.1) is 23.2 Å². The van der Waals surface area contributed by atoms with Crippen LogP contribution in [0.4, 0.5) is 5.82 Å². The van der Waals surface area contributed by atoms with E-state index in [9.17, 15) is 4.79 Å². The molecule has 1 aromatic heterocycles. The Balaban J connectivity index is 2.62. The maximum atomic E-state index is 11.5. The van der Waals surface area contributed by atoms with Crippen LogP contribution in [0.1, 0.15) is 13.8 Å². The summed E-state index contributed by atoms with van der Waals surface area (Å²) in [5.74, 6) is -0.214. The van der Waals surface area contributed by atoms with Crippen molar-refractivity contribution in [2.24, 2.45) is 11.8 Å². The number of nitrogens with one attached hydrogen (secondary N) is 2. The van der Waals surface area contributed by atoms with Gasteiger partial charge in [0.25, 0.3) is 0 Å². The second kappa shape index (κ2) is 4.47. The summed E-state index contributed by atoms with van der Waals surface area (Å²) in [7, 11) is 0. The van der Waals surface area contributed by atoms with Crippen LogP contribution in [0.3, 0.4) is 0 Å². The summed E-state index contributed by atoms with van der Waals surface area (Å²) < 4.78 is 0. The molecule has 0 aliphatic heterocycles. The summed E-state index contributed by atoms with van der Waals surface area (Å²) in [6.07, 6.45) is 1.71. The third-order valence-corrected chi connectivity index (χ3v) is 1.94. The third-order valence-electron chi connectivity index (χ3n) is 1.94. The van der Waals surface area contributed by atoms with Crippen LogP contribution in [-0.4, -0.2) is 10.9 Å². The van der Waals surface area contributed by atoms with Crippen LogP contribution in [-0.2, 0) is 4.79 Å². The summed E-state index contributed by atoms with van der Waals surface area (Å²) in [4.78, 5) is 14.4. The van der Waals surface area contributed by atoms with Gasteiger partial charge in [0.15, 0.2) is 0 Å². The number of carbonyl (C=O) groups is 1. The normalized spacial score (nSPS) is 12.1. The summed E-state index contributed by atoms with van der Waals surface area (Å²) in [5, 5.41) is 11.4. The van der Waals surface area contributed by atoms with Gasteiger partial charge in [-0.05, 0) is 18.1 Å². The molecule has 1 rings (SSSR count). The molecule has 4 heteroatoms. The maximum absolute atomic E-state index is 11.5. The van der Waals surface area contributed by atoms with Crippen molar-refractivity contribution in [1.82, 2.24) is 4.98 Å². The Morgan fingerprint density at radius 3 is 2.79 bits per heavy atom. The molecule has 0 saturated carbocycles. The van der Waals surface area contributed by atoms with Gasteiger partial charge in [0, 0.05) is 6.20 Å². The van der Waals surface area contributed by atoms with Crippen LogP contribution >= 0.6 is 0 Å². The molecule has 1 atom stereocenters. The van der Waals surface area contributed by atoms with Crippen molar-refractivity contribution < 1.29 is 4.79 Å². The third kappa shape index (κ3) is 2.36. The van der Waals surface area contributed by atoms with Crippen LogP contribution in [0.15, 0.2) is 18.3 Å². The topological polar surface area (TPSA) is 68.7 Å². The average molecular weight is 191 g/mol. The largest absolute Gasteiger partial charge is 0.348 e. The van der Waals surface area contributed by atoms with Crippen molar-refractivity contribution in [3.05, 3.63) is 18.3 Å². The fraction of sp³-hybridized carbons (Fsp3) is 0.400. The van der Waals surface area contributed by atoms with Crippen molar-refractivity contribution in [3.63, 3.8) is 0 Å². The molecule has 0 fully saturated rings. The van der Waals surface area contributed by atoms with Crippen molar-refractivity contribution in [1.29, 1.82) is 5.26 Å². The molecule has 0 spiro atoms. The average Bonchev–Trinajstić information content (AvgIpc) is 2.57. The second-order valence-electron chi connectivity index (χ2n) is 3.42. The van der Waals surface area contributed by atoms with E-state index < -0.39 is 5.92 Å². The summed E-state index contributed by atoms with van der Waals surface area (Å²) >= 11 is 0. The van der Waals surface area contributed by atoms with E-state index in [-0.39, 0.29) is 11.8 Å². The number of hydrogen-bond donors (Lipinski definition) is 2. The van der Waals surface area contributed by atoms with Crippen molar-refractivity contribution >= 4 is 11.7 Å². The fourth-order valence-electron chi connectivity index (χ4n) is 1.13. The van der Waals surface area contributed by atoms with Crippen LogP contribution in [0.25, 0.3) is 0 Å². The Morgan fingerprint density at radius 1 is 1.64 bits per heavy atom. The summed E-state index contributed by atoms with van der Waals surface area (Å²) in [6.45, 7) is 3.70. The van der Waals surface area contributed by atoms with Gasteiger partial charge < -0.3 is 10.3 Å². The second-order valence-corrected chi connectivity index (χ2v) is 3.42. The lowest BCUT2D eigenvalue weighted by molar-refractivity contribution is -0.119. The van der Waals surface area contributed by atoms with Crippen LogP contribution in [0.5, 0.6) is 0 Å². The molecule has 74 valence electrons. The highest BCUT2D eigenvalue weighted by Gasteiger charge is 2.21. The van der Waals surface area contributed by atoms with Gasteiger partial charge in [-0.15, -0.1) is 0 Å². The molecule has 0 saturated heterocycles. The Hall–Kier alpha value is -1.76. The molecule has 1 heterocycles. The number of anilines is 1. The number of rotatable bonds is 3. The van der Waals surface area contributed by atoms with E-state index in [0.717, 1.165) is 0 Å². The minimum Gasteiger partial charge on any atom is -0.348 e. The quantitative estimate of drug-likeness (QED) is 0.764. The van der Waals surface area contributed by atoms with E-state index in [4.69, 9.17) is 5.26 Å². The van der Waals surface area contributed by atoms with Gasteiger partial charge in [0.2, 0.25) is 5.91 Å². The predicted octanol–water partition coefficient (Wildman–Crippen LogP) is 1.75. The Morgan fingerprint density at radius 2 is 2.36 bits per heavy atom. The monoisotopic (exact) mass is 191 g/mol. The SMILES string of the molecule is CC(C)C(C#N)C(=O)Nc1ccc[nH]1. The van der Waals surface area contributed by atoms with Gasteiger partial charge in [-0.25, -0.2) is 0 Å². The lowest BCUT2D eigenvalue weighted by atomic mass is 9.97. The van der Waals surface area contributed by atoms with Crippen LogP contribution < -0.4 is 5.32 Å². The number of nitrogens with zero attached hydrogens (tertiary/aromatic N) is 1. The van der Waals surface area contributed by atoms with Gasteiger partial charge in [-0.1, -0.05) is 13.8 Å². The highest BCUT2D eigenvalue weighted by atomic mass is 16.1. The van der Waals surface area contributed by atoms with E-state index >= 15 is 0 Å². The van der Waals surface area contributed by atoms with E-state index in [2.05, 4.69) is 10.3 Å². The first-order chi connectivity index (χ1) is 6.65. The van der Waals surface area contributed by atoms with Crippen molar-refractivity contribution in [2.75, 3.05) is 5.32 Å². The Bertz CT molecular complexity index is 335. The first-order valence-electron chi connectivity index (χ1n) is 4.49. The minimum atomic E-state index is -0.599. The van der Waals surface area contributed by atoms with Gasteiger partial charge in [0.05, 0.1) is 6.07 Å². The van der Waals surface area contributed by atoms with Gasteiger partial charge >= 0.3 is 0 Å². The zero-order chi connectivity index (χ0) is 10.6. The maximum Gasteiger partial charge on any atom is 0.243 e. The zero-order valence-corrected chi connectivity index (χ0v) is 8.24. The fourth-order valence-corrected chi connectivity index (χ4v) is 1.13. The number of H-pyrrole nitrogens is 1. The van der Waals surface area contributed by atoms with Gasteiger partial charge in [0.1, 0.15) is 11.7 Å². The lowest BCUT2D eigenvalue weighted by Crippen LogP contribution is -2.25. The van der Waals surface area contributed by atoms with E-state index in [1.165, 1.54) is 0 Å². The molecule has 0 aromatic carbocycles. The minimum absolute atomic E-state index is 0.0231. The van der Waals surface area contributed by atoms with Gasteiger partial charge in [-0.3, -0.25) is 4.79 Å². The molecular formula is C10H13N3O. The Kier molecular flexibility index (Phi) is 3.29. The molecule has 1 aromatic rings. The molecule has 0 aliphatic rings. The predicted molar refractivity (Wildman–Crippen MR) is 53.4 cm³/mol. The molecule has 0 radical (unpaired) electrons. The summed E-state index contributed by atoms with van der Waals surface area (Å²) in [6, 6.07) is 5.51. The molecule has 1 unspecified atom stereocenters. The Labute approximate surface area is 82.9 Å². The number of nitriles is 1. The molecule has 4 nitrogen and oxygen atoms in total. The highest BCUT2D eigenvalue weighted by Crippen LogP contribution is 2.12. The summed E-state index contributed by atoms with van der Waals surface area (Å²) in [5.41, 5.74) is 0. The van der Waals surface area contributed by atoms with Crippen molar-refractivity contribution in [3.8, 4) is 6.07 Å². The van der Waals surface area contributed by atoms with E-state index in [1.807, 2.05) is 19.9 Å². The van der Waals surface area contributed by atoms with Crippen molar-refractivity contribution in [2.45, 2.75) is 13.8 Å². The molecule has 2 N–H and O–H groups in total. The first-order valence-corrected chi connectivity index (χ1v) is 4.49. The van der Waals surface area contributed by atoms with E-state index in [1.54, 1.807) is 18.3 Å². The highest BCUT2D eigenvalue weighted by molar-refractivity contribution is 5.93. The lowest BCUT2D eigenvalue weighted by Gasteiger charge is -2.11. The zero-order valence-electron chi connectivity index (χ0n) is 8.24. The van der Waals surface area contributed by atoms with E-state index in [0.29, 0.717) is 5.82 Å². The first kappa shape index (κ1) is 10.3. The number of carbonyl (C=O) groups excluding carboxylic acids is 1. The number of hydrogen-bond acceptors (Lipinski definition) is 2. The molecule has 0 aliphatic carbocycles. The number of aromatic amines is 1. The standard InChI is InChI=1S/C10H13N3O/c1-7(2)8(6-11)10(14)13-9-4-3-5-12-9/h3-5,7-8,12H,1-2H3,(H,13,14). The molecule has 14 heavy (non-hydrogen) atoms. The smallest absolute Gasteiger partial charge is 0.243 e. The molecule has 0 bridgehead atoms. The van der Waals surface area contributed by atoms with Gasteiger partial charge in [-0.2, -0.15) is 5.26 Å². The molecular weight excluding hydrogens is 178 g/mol.